The van der Waals surface area contributed by atoms with Gasteiger partial charge in [-0.2, -0.15) is 0 Å². The largest absolute Gasteiger partial charge is 0.379 e. The van der Waals surface area contributed by atoms with E-state index in [4.69, 9.17) is 4.74 Å². The molecule has 2 bridgehead atoms. The Hall–Kier alpha value is -1.44. The van der Waals surface area contributed by atoms with E-state index in [0.29, 0.717) is 26.3 Å². The van der Waals surface area contributed by atoms with Gasteiger partial charge >= 0.3 is 0 Å². The highest BCUT2D eigenvalue weighted by Gasteiger charge is 2.35. The summed E-state index contributed by atoms with van der Waals surface area (Å²) in [5.41, 5.74) is 3.92. The number of carbonyl (C=O) groups is 1. The highest BCUT2D eigenvalue weighted by molar-refractivity contribution is 7.90. The molecule has 1 aromatic rings. The first kappa shape index (κ1) is 20.3. The number of sulfone groups is 1. The summed E-state index contributed by atoms with van der Waals surface area (Å²) >= 11 is 0. The summed E-state index contributed by atoms with van der Waals surface area (Å²) in [7, 11) is -3.13. The monoisotopic (exact) mass is 394 g/mol. The van der Waals surface area contributed by atoms with Gasteiger partial charge in [-0.05, 0) is 30.5 Å². The highest BCUT2D eigenvalue weighted by atomic mass is 32.2. The molecule has 150 valence electrons. The van der Waals surface area contributed by atoms with Crippen molar-refractivity contribution in [3.05, 3.63) is 34.9 Å². The first-order chi connectivity index (χ1) is 12.7. The van der Waals surface area contributed by atoms with Crippen molar-refractivity contribution in [1.29, 1.82) is 0 Å². The maximum Gasteiger partial charge on any atom is 0.223 e. The molecule has 0 unspecified atom stereocenters. The summed E-state index contributed by atoms with van der Waals surface area (Å²) in [5, 5.41) is 0. The Labute approximate surface area is 162 Å². The first-order valence-corrected chi connectivity index (χ1v) is 11.6. The maximum absolute atomic E-state index is 12.6. The van der Waals surface area contributed by atoms with Gasteiger partial charge in [0.15, 0.2) is 0 Å². The number of ether oxygens (including phenoxy) is 1. The van der Waals surface area contributed by atoms with Crippen molar-refractivity contribution in [2.75, 3.05) is 44.9 Å². The molecule has 0 aliphatic carbocycles. The zero-order valence-corrected chi connectivity index (χ0v) is 17.3. The Morgan fingerprint density at radius 1 is 1.15 bits per heavy atom. The Kier molecular flexibility index (Phi) is 6.23. The third kappa shape index (κ3) is 5.30. The lowest BCUT2D eigenvalue weighted by molar-refractivity contribution is -0.132. The predicted molar refractivity (Wildman–Crippen MR) is 105 cm³/mol. The minimum atomic E-state index is -3.13. The van der Waals surface area contributed by atoms with Gasteiger partial charge < -0.3 is 9.64 Å². The number of amides is 1. The van der Waals surface area contributed by atoms with E-state index in [1.54, 1.807) is 0 Å². The van der Waals surface area contributed by atoms with Crippen LogP contribution in [0.4, 0.5) is 0 Å². The van der Waals surface area contributed by atoms with Gasteiger partial charge in [0.25, 0.3) is 0 Å². The van der Waals surface area contributed by atoms with Crippen molar-refractivity contribution in [2.24, 2.45) is 5.92 Å². The lowest BCUT2D eigenvalue weighted by Crippen LogP contribution is -2.46. The second-order valence-corrected chi connectivity index (χ2v) is 10.3. The number of nitrogens with zero attached hydrogens (tertiary/aromatic N) is 2. The SMILES string of the molecule is Cc1cccc(C)c1CN1C[C@H]2COC[C@@H]1CN(C(=O)CCS(C)(=O)=O)C2. The Morgan fingerprint density at radius 3 is 2.52 bits per heavy atom. The van der Waals surface area contributed by atoms with Crippen LogP contribution in [0.25, 0.3) is 0 Å². The van der Waals surface area contributed by atoms with Gasteiger partial charge in [0.1, 0.15) is 9.84 Å². The van der Waals surface area contributed by atoms with Gasteiger partial charge in [-0.15, -0.1) is 0 Å². The van der Waals surface area contributed by atoms with Crippen LogP contribution in [0.1, 0.15) is 23.1 Å². The van der Waals surface area contributed by atoms with Gasteiger partial charge in [0, 0.05) is 44.8 Å². The first-order valence-electron chi connectivity index (χ1n) is 9.55. The molecule has 0 N–H and O–H groups in total. The zero-order chi connectivity index (χ0) is 19.6. The molecule has 6 nitrogen and oxygen atoms in total. The lowest BCUT2D eigenvalue weighted by atomic mass is 10.0. The van der Waals surface area contributed by atoms with Crippen molar-refractivity contribution in [1.82, 2.24) is 9.80 Å². The van der Waals surface area contributed by atoms with E-state index in [1.807, 2.05) is 4.90 Å². The number of aryl methyl sites for hydroxylation is 2. The minimum absolute atomic E-state index is 0.0637. The molecule has 1 aromatic carbocycles. The molecular weight excluding hydrogens is 364 g/mol. The van der Waals surface area contributed by atoms with E-state index >= 15 is 0 Å². The van der Waals surface area contributed by atoms with Crippen molar-refractivity contribution in [2.45, 2.75) is 32.9 Å². The van der Waals surface area contributed by atoms with Gasteiger partial charge in [-0.3, -0.25) is 9.69 Å². The van der Waals surface area contributed by atoms with Crippen LogP contribution in [0.15, 0.2) is 18.2 Å². The molecule has 2 saturated heterocycles. The summed E-state index contributed by atoms with van der Waals surface area (Å²) in [6.45, 7) is 8.54. The second-order valence-electron chi connectivity index (χ2n) is 8.04. The summed E-state index contributed by atoms with van der Waals surface area (Å²) in [5.74, 6) is 0.107. The van der Waals surface area contributed by atoms with E-state index in [1.165, 1.54) is 22.9 Å². The minimum Gasteiger partial charge on any atom is -0.379 e. The lowest BCUT2D eigenvalue weighted by Gasteiger charge is -2.32. The van der Waals surface area contributed by atoms with E-state index in [0.717, 1.165) is 13.1 Å². The highest BCUT2D eigenvalue weighted by Crippen LogP contribution is 2.24. The van der Waals surface area contributed by atoms with Crippen LogP contribution in [0.5, 0.6) is 0 Å². The molecule has 2 aliphatic heterocycles. The third-order valence-electron chi connectivity index (χ3n) is 5.63. The number of fused-ring (bicyclic) bond motifs is 3. The molecule has 2 atom stereocenters. The Bertz CT molecular complexity index is 773. The van der Waals surface area contributed by atoms with Crippen LogP contribution >= 0.6 is 0 Å². The summed E-state index contributed by atoms with van der Waals surface area (Å²) in [6, 6.07) is 6.51. The fraction of sp³-hybridized carbons (Fsp3) is 0.650. The van der Waals surface area contributed by atoms with Crippen molar-refractivity contribution in [3.63, 3.8) is 0 Å². The van der Waals surface area contributed by atoms with Gasteiger partial charge in [0.05, 0.1) is 25.0 Å². The quantitative estimate of drug-likeness (QED) is 0.755. The molecule has 2 fully saturated rings. The molecule has 2 aliphatic rings. The zero-order valence-electron chi connectivity index (χ0n) is 16.5. The molecule has 0 spiro atoms. The molecule has 0 radical (unpaired) electrons. The van der Waals surface area contributed by atoms with E-state index in [-0.39, 0.29) is 30.0 Å². The molecule has 3 rings (SSSR count). The fourth-order valence-electron chi connectivity index (χ4n) is 4.06. The summed E-state index contributed by atoms with van der Waals surface area (Å²) in [4.78, 5) is 16.9. The standard InChI is InChI=1S/C20H30N2O4S/c1-15-5-4-6-16(2)19(15)12-21-9-17-10-22(11-18(21)14-26-13-17)20(23)7-8-27(3,24)25/h4-6,17-18H,7-14H2,1-3H3/t17-,18+/m1/s1. The van der Waals surface area contributed by atoms with Crippen LogP contribution in [-0.2, 0) is 25.9 Å². The average Bonchev–Trinajstić information content (AvgIpc) is 2.85. The molecule has 27 heavy (non-hydrogen) atoms. The summed E-state index contributed by atoms with van der Waals surface area (Å²) in [6.07, 6.45) is 1.24. The Balaban J connectivity index is 1.74. The summed E-state index contributed by atoms with van der Waals surface area (Å²) < 4.78 is 28.7. The number of rotatable bonds is 5. The van der Waals surface area contributed by atoms with Crippen LogP contribution < -0.4 is 0 Å². The smallest absolute Gasteiger partial charge is 0.223 e. The number of hydrogen-bond donors (Lipinski definition) is 0. The molecule has 0 saturated carbocycles. The molecule has 2 heterocycles. The van der Waals surface area contributed by atoms with Crippen molar-refractivity contribution < 1.29 is 17.9 Å². The van der Waals surface area contributed by atoms with Gasteiger partial charge in [-0.25, -0.2) is 8.42 Å². The van der Waals surface area contributed by atoms with Crippen LogP contribution in [0.3, 0.4) is 0 Å². The van der Waals surface area contributed by atoms with E-state index in [2.05, 4.69) is 36.9 Å². The van der Waals surface area contributed by atoms with Crippen molar-refractivity contribution in [3.8, 4) is 0 Å². The number of carbonyl (C=O) groups excluding carboxylic acids is 1. The normalized spacial score (nSPS) is 23.9. The number of hydrogen-bond acceptors (Lipinski definition) is 5. The molecular formula is C20H30N2O4S. The maximum atomic E-state index is 12.6. The van der Waals surface area contributed by atoms with Gasteiger partial charge in [0.2, 0.25) is 5.91 Å². The van der Waals surface area contributed by atoms with Crippen molar-refractivity contribution >= 4 is 15.7 Å². The topological polar surface area (TPSA) is 66.9 Å². The predicted octanol–water partition coefficient (Wildman–Crippen LogP) is 1.40. The number of benzene rings is 1. The van der Waals surface area contributed by atoms with E-state index < -0.39 is 9.84 Å². The molecule has 7 heteroatoms. The van der Waals surface area contributed by atoms with E-state index in [9.17, 15) is 13.2 Å². The van der Waals surface area contributed by atoms with Crippen LogP contribution in [0, 0.1) is 19.8 Å². The molecule has 0 aromatic heterocycles. The Morgan fingerprint density at radius 2 is 1.85 bits per heavy atom. The van der Waals surface area contributed by atoms with Crippen LogP contribution in [-0.4, -0.2) is 75.0 Å². The second kappa shape index (κ2) is 8.29. The van der Waals surface area contributed by atoms with Gasteiger partial charge in [-0.1, -0.05) is 18.2 Å². The average molecular weight is 395 g/mol. The third-order valence-corrected chi connectivity index (χ3v) is 6.57. The molecule has 1 amide bonds. The van der Waals surface area contributed by atoms with Crippen LogP contribution in [0.2, 0.25) is 0 Å². The fourth-order valence-corrected chi connectivity index (χ4v) is 4.60.